The van der Waals surface area contributed by atoms with Gasteiger partial charge in [0.25, 0.3) is 5.91 Å². The third-order valence-corrected chi connectivity index (χ3v) is 4.96. The zero-order valence-corrected chi connectivity index (χ0v) is 14.7. The molecule has 1 aromatic heterocycles. The summed E-state index contributed by atoms with van der Waals surface area (Å²) in [5, 5.41) is 2.79. The Balaban J connectivity index is 1.58. The lowest BCUT2D eigenvalue weighted by Gasteiger charge is -2.35. The molecule has 2 aliphatic heterocycles. The molecule has 1 aromatic rings. The molecule has 0 saturated carbocycles. The third-order valence-electron chi connectivity index (χ3n) is 4.96. The van der Waals surface area contributed by atoms with Gasteiger partial charge in [0.15, 0.2) is 0 Å². The van der Waals surface area contributed by atoms with Gasteiger partial charge in [0.1, 0.15) is 6.10 Å². The van der Waals surface area contributed by atoms with E-state index >= 15 is 0 Å². The number of amides is 2. The lowest BCUT2D eigenvalue weighted by atomic mass is 9.91. The fourth-order valence-electron chi connectivity index (χ4n) is 3.58. The highest BCUT2D eigenvalue weighted by molar-refractivity contribution is 5.81. The first-order valence-corrected chi connectivity index (χ1v) is 9.09. The lowest BCUT2D eigenvalue weighted by molar-refractivity contribution is -0.147. The number of likely N-dealkylation sites (tertiary alicyclic amines) is 1. The first-order chi connectivity index (χ1) is 12.1. The second kappa shape index (κ2) is 8.38. The summed E-state index contributed by atoms with van der Waals surface area (Å²) in [4.78, 5) is 34.5. The Morgan fingerprint density at radius 2 is 1.96 bits per heavy atom. The van der Waals surface area contributed by atoms with E-state index in [9.17, 15) is 9.59 Å². The lowest BCUT2D eigenvalue weighted by Crippen LogP contribution is -2.45. The predicted molar refractivity (Wildman–Crippen MR) is 91.7 cm³/mol. The van der Waals surface area contributed by atoms with Gasteiger partial charge in [-0.05, 0) is 32.1 Å². The van der Waals surface area contributed by atoms with Crippen molar-refractivity contribution >= 4 is 11.8 Å². The van der Waals surface area contributed by atoms with E-state index in [-0.39, 0.29) is 23.8 Å². The van der Waals surface area contributed by atoms with Gasteiger partial charge >= 0.3 is 0 Å². The quantitative estimate of drug-likeness (QED) is 0.890. The van der Waals surface area contributed by atoms with Crippen LogP contribution in [0.3, 0.4) is 0 Å². The van der Waals surface area contributed by atoms with Crippen LogP contribution in [0.5, 0.6) is 0 Å². The van der Waals surface area contributed by atoms with E-state index in [0.29, 0.717) is 13.2 Å². The molecule has 0 unspecified atom stereocenters. The summed E-state index contributed by atoms with van der Waals surface area (Å²) < 4.78 is 5.62. The largest absolute Gasteiger partial charge is 0.368 e. The molecule has 2 saturated heterocycles. The Bertz CT molecular complexity index is 608. The van der Waals surface area contributed by atoms with Crippen molar-refractivity contribution in [3.63, 3.8) is 0 Å². The Labute approximate surface area is 148 Å². The molecule has 0 aromatic carbocycles. The van der Waals surface area contributed by atoms with Crippen molar-refractivity contribution in [2.75, 3.05) is 19.7 Å². The highest BCUT2D eigenvalue weighted by atomic mass is 16.5. The minimum atomic E-state index is -0.253. The molecule has 0 bridgehead atoms. The van der Waals surface area contributed by atoms with E-state index in [1.54, 1.807) is 12.4 Å². The number of ether oxygens (including phenoxy) is 1. The molecule has 0 aliphatic carbocycles. The normalized spacial score (nSPS) is 21.8. The molecular weight excluding hydrogens is 320 g/mol. The average molecular weight is 346 g/mol. The van der Waals surface area contributed by atoms with Crippen molar-refractivity contribution in [3.8, 4) is 0 Å². The van der Waals surface area contributed by atoms with Gasteiger partial charge in [0, 0.05) is 44.9 Å². The van der Waals surface area contributed by atoms with Gasteiger partial charge in [0.2, 0.25) is 5.91 Å². The average Bonchev–Trinajstić information content (AvgIpc) is 2.67. The Hall–Kier alpha value is -2.02. The van der Waals surface area contributed by atoms with Crippen LogP contribution < -0.4 is 5.32 Å². The molecule has 2 aliphatic rings. The predicted octanol–water partition coefficient (Wildman–Crippen LogP) is 1.39. The van der Waals surface area contributed by atoms with Crippen LogP contribution in [-0.4, -0.2) is 52.5 Å². The number of hydrogen-bond acceptors (Lipinski definition) is 5. The fourth-order valence-corrected chi connectivity index (χ4v) is 3.58. The molecule has 25 heavy (non-hydrogen) atoms. The molecule has 0 spiro atoms. The summed E-state index contributed by atoms with van der Waals surface area (Å²) in [6, 6.07) is 0. The summed E-state index contributed by atoms with van der Waals surface area (Å²) in [5.74, 6) is 0.328. The molecule has 3 heterocycles. The first kappa shape index (κ1) is 17.8. The smallest absolute Gasteiger partial charge is 0.251 e. The molecule has 1 N–H and O–H groups in total. The van der Waals surface area contributed by atoms with Crippen LogP contribution in [0.2, 0.25) is 0 Å². The van der Waals surface area contributed by atoms with Gasteiger partial charge in [-0.25, -0.2) is 0 Å². The topological polar surface area (TPSA) is 84.4 Å². The monoisotopic (exact) mass is 346 g/mol. The van der Waals surface area contributed by atoms with Gasteiger partial charge < -0.3 is 15.0 Å². The number of nitrogens with one attached hydrogen (secondary N) is 1. The standard InChI is InChI=1S/C18H26N4O3/c1-13(23)21-12-15-17(20-8-7-19-15)14-5-9-22(10-6-14)18(24)16-4-2-3-11-25-16/h7-8,14,16H,2-6,9-12H2,1H3,(H,21,23)/t16-/m1/s1. The van der Waals surface area contributed by atoms with Gasteiger partial charge in [-0.1, -0.05) is 0 Å². The summed E-state index contributed by atoms with van der Waals surface area (Å²) >= 11 is 0. The van der Waals surface area contributed by atoms with Crippen molar-refractivity contribution in [2.45, 2.75) is 57.6 Å². The molecule has 2 fully saturated rings. The van der Waals surface area contributed by atoms with Crippen LogP contribution in [-0.2, 0) is 20.9 Å². The van der Waals surface area contributed by atoms with Crippen molar-refractivity contribution in [1.29, 1.82) is 0 Å². The van der Waals surface area contributed by atoms with Gasteiger partial charge in [0.05, 0.1) is 17.9 Å². The van der Waals surface area contributed by atoms with E-state index in [2.05, 4.69) is 15.3 Å². The number of rotatable bonds is 4. The van der Waals surface area contributed by atoms with Crippen LogP contribution in [0.1, 0.15) is 56.3 Å². The van der Waals surface area contributed by atoms with Crippen LogP contribution in [0.25, 0.3) is 0 Å². The van der Waals surface area contributed by atoms with E-state index in [1.807, 2.05) is 4.90 Å². The summed E-state index contributed by atoms with van der Waals surface area (Å²) in [6.45, 7) is 4.03. The van der Waals surface area contributed by atoms with Crippen LogP contribution >= 0.6 is 0 Å². The number of aromatic nitrogens is 2. The fraction of sp³-hybridized carbons (Fsp3) is 0.667. The van der Waals surface area contributed by atoms with Crippen molar-refractivity contribution < 1.29 is 14.3 Å². The van der Waals surface area contributed by atoms with Crippen molar-refractivity contribution in [1.82, 2.24) is 20.2 Å². The highest BCUT2D eigenvalue weighted by Gasteiger charge is 2.31. The first-order valence-electron chi connectivity index (χ1n) is 9.09. The Morgan fingerprint density at radius 1 is 1.20 bits per heavy atom. The number of carbonyl (C=O) groups is 2. The number of nitrogens with zero attached hydrogens (tertiary/aromatic N) is 3. The minimum absolute atomic E-state index is 0.0792. The maximum absolute atomic E-state index is 12.6. The number of carbonyl (C=O) groups excluding carboxylic acids is 2. The maximum Gasteiger partial charge on any atom is 0.251 e. The minimum Gasteiger partial charge on any atom is -0.368 e. The van der Waals surface area contributed by atoms with E-state index in [1.165, 1.54) is 6.92 Å². The second-order valence-corrected chi connectivity index (χ2v) is 6.75. The van der Waals surface area contributed by atoms with Gasteiger partial charge in [-0.15, -0.1) is 0 Å². The van der Waals surface area contributed by atoms with Crippen LogP contribution in [0.4, 0.5) is 0 Å². The van der Waals surface area contributed by atoms with Crippen molar-refractivity contribution in [3.05, 3.63) is 23.8 Å². The highest BCUT2D eigenvalue weighted by Crippen LogP contribution is 2.29. The van der Waals surface area contributed by atoms with Gasteiger partial charge in [-0.2, -0.15) is 0 Å². The Morgan fingerprint density at radius 3 is 2.64 bits per heavy atom. The summed E-state index contributed by atoms with van der Waals surface area (Å²) in [6.07, 6.45) is 7.78. The molecule has 1 atom stereocenters. The SMILES string of the molecule is CC(=O)NCc1nccnc1C1CCN(C(=O)[C@H]2CCCCO2)CC1. The molecule has 3 rings (SSSR count). The van der Waals surface area contributed by atoms with E-state index < -0.39 is 0 Å². The van der Waals surface area contributed by atoms with Crippen LogP contribution in [0, 0.1) is 0 Å². The number of piperidine rings is 1. The summed E-state index contributed by atoms with van der Waals surface area (Å²) in [5.41, 5.74) is 1.76. The molecule has 2 amide bonds. The second-order valence-electron chi connectivity index (χ2n) is 6.75. The van der Waals surface area contributed by atoms with Crippen LogP contribution in [0.15, 0.2) is 12.4 Å². The molecular formula is C18H26N4O3. The van der Waals surface area contributed by atoms with E-state index in [4.69, 9.17) is 4.74 Å². The zero-order chi connectivity index (χ0) is 17.6. The number of hydrogen-bond donors (Lipinski definition) is 1. The summed E-state index contributed by atoms with van der Waals surface area (Å²) in [7, 11) is 0. The molecule has 136 valence electrons. The van der Waals surface area contributed by atoms with Gasteiger partial charge in [-0.3, -0.25) is 19.6 Å². The maximum atomic E-state index is 12.6. The van der Waals surface area contributed by atoms with Crippen molar-refractivity contribution in [2.24, 2.45) is 0 Å². The molecule has 7 nitrogen and oxygen atoms in total. The Kier molecular flexibility index (Phi) is 5.96. The third kappa shape index (κ3) is 4.54. The molecule has 0 radical (unpaired) electrons. The van der Waals surface area contributed by atoms with E-state index in [0.717, 1.165) is 56.6 Å². The molecule has 7 heteroatoms. The zero-order valence-electron chi connectivity index (χ0n) is 14.7.